The Morgan fingerprint density at radius 2 is 1.76 bits per heavy atom. The first-order chi connectivity index (χ1) is 14.1. The van der Waals surface area contributed by atoms with E-state index < -0.39 is 12.2 Å². The van der Waals surface area contributed by atoms with Crippen molar-refractivity contribution in [2.24, 2.45) is 0 Å². The number of fused-ring (bicyclic) bond motifs is 2. The molecule has 0 amide bonds. The Hall–Kier alpha value is -2.28. The van der Waals surface area contributed by atoms with Crippen LogP contribution in [0, 0.1) is 0 Å². The van der Waals surface area contributed by atoms with Crippen LogP contribution in [0.15, 0.2) is 42.5 Å². The lowest BCUT2D eigenvalue weighted by Gasteiger charge is -2.46. The Morgan fingerprint density at radius 3 is 2.59 bits per heavy atom. The molecule has 1 spiro atoms. The lowest BCUT2D eigenvalue weighted by molar-refractivity contribution is -0.0587. The maximum atomic E-state index is 10.7. The van der Waals surface area contributed by atoms with Crippen molar-refractivity contribution in [2.45, 2.75) is 37.1 Å². The molecule has 0 saturated carbocycles. The zero-order valence-corrected chi connectivity index (χ0v) is 16.4. The molecule has 2 unspecified atom stereocenters. The van der Waals surface area contributed by atoms with E-state index >= 15 is 0 Å². The number of ether oxygens (including phenoxy) is 3. The average Bonchev–Trinajstić information content (AvgIpc) is 2.75. The number of β-amino-alcohol motifs (C(OH)–C–C–N with tert-alkyl or cyclic N) is 1. The molecule has 0 aromatic heterocycles. The minimum Gasteiger partial charge on any atom is -0.487 e. The van der Waals surface area contributed by atoms with E-state index in [0.29, 0.717) is 31.9 Å². The fourth-order valence-electron chi connectivity index (χ4n) is 4.65. The van der Waals surface area contributed by atoms with E-state index in [-0.39, 0.29) is 5.60 Å². The number of piperidine rings is 1. The zero-order valence-electron chi connectivity index (χ0n) is 16.4. The fraction of sp³-hybridized carbons (Fsp3) is 0.478. The summed E-state index contributed by atoms with van der Waals surface area (Å²) in [5, 5.41) is 21.3. The zero-order chi connectivity index (χ0) is 19.8. The molecule has 1 saturated heterocycles. The fourth-order valence-corrected chi connectivity index (χ4v) is 4.65. The van der Waals surface area contributed by atoms with Crippen LogP contribution in [0.3, 0.4) is 0 Å². The summed E-state index contributed by atoms with van der Waals surface area (Å²) in [7, 11) is 0. The van der Waals surface area contributed by atoms with Crippen molar-refractivity contribution >= 4 is 0 Å². The monoisotopic (exact) mass is 397 g/mol. The number of para-hydroxylation sites is 1. The summed E-state index contributed by atoms with van der Waals surface area (Å²) < 4.78 is 17.5. The molecule has 0 aliphatic carbocycles. The summed E-state index contributed by atoms with van der Waals surface area (Å²) in [5.41, 5.74) is 1.41. The lowest BCUT2D eigenvalue weighted by Crippen LogP contribution is -2.51. The van der Waals surface area contributed by atoms with Crippen molar-refractivity contribution in [1.82, 2.24) is 4.90 Å². The van der Waals surface area contributed by atoms with E-state index in [0.717, 1.165) is 48.6 Å². The number of nitrogens with zero attached hydrogens (tertiary/aromatic N) is 1. The molecule has 154 valence electrons. The largest absolute Gasteiger partial charge is 0.487 e. The van der Waals surface area contributed by atoms with E-state index in [2.05, 4.69) is 4.90 Å². The lowest BCUT2D eigenvalue weighted by atomic mass is 9.81. The van der Waals surface area contributed by atoms with Gasteiger partial charge in [0.25, 0.3) is 0 Å². The summed E-state index contributed by atoms with van der Waals surface area (Å²) in [4.78, 5) is 2.27. The molecule has 0 bridgehead atoms. The minimum absolute atomic E-state index is 0.313. The third-order valence-electron chi connectivity index (χ3n) is 6.32. The summed E-state index contributed by atoms with van der Waals surface area (Å²) in [6.07, 6.45) is 1.24. The summed E-state index contributed by atoms with van der Waals surface area (Å²) in [5.74, 6) is 2.24. The second kappa shape index (κ2) is 7.52. The smallest absolute Gasteiger partial charge is 0.161 e. The standard InChI is InChI=1S/C23H27NO5/c25-18-14-23(29-20-4-2-1-3-17(18)20)7-9-24(10-8-23)15-19(26)16-5-6-21-22(13-16)28-12-11-27-21/h1-6,13,18-19,25-26H,7-12,14-15H2. The highest BCUT2D eigenvalue weighted by molar-refractivity contribution is 5.44. The number of rotatable bonds is 3. The predicted molar refractivity (Wildman–Crippen MR) is 107 cm³/mol. The maximum absolute atomic E-state index is 10.7. The Labute approximate surface area is 170 Å². The number of benzene rings is 2. The van der Waals surface area contributed by atoms with Crippen LogP contribution in [0.1, 0.15) is 42.6 Å². The molecular weight excluding hydrogens is 370 g/mol. The topological polar surface area (TPSA) is 71.4 Å². The van der Waals surface area contributed by atoms with Gasteiger partial charge in [-0.15, -0.1) is 0 Å². The average molecular weight is 397 g/mol. The van der Waals surface area contributed by atoms with Crippen LogP contribution in [0.5, 0.6) is 17.2 Å². The van der Waals surface area contributed by atoms with Gasteiger partial charge in [0.15, 0.2) is 11.5 Å². The van der Waals surface area contributed by atoms with Gasteiger partial charge in [0.1, 0.15) is 24.6 Å². The third-order valence-corrected chi connectivity index (χ3v) is 6.32. The highest BCUT2D eigenvalue weighted by Crippen LogP contribution is 2.44. The van der Waals surface area contributed by atoms with Crippen LogP contribution in [0.25, 0.3) is 0 Å². The molecule has 2 aromatic rings. The quantitative estimate of drug-likeness (QED) is 0.830. The van der Waals surface area contributed by atoms with Crippen LogP contribution in [-0.4, -0.2) is 53.6 Å². The molecule has 2 N–H and O–H groups in total. The van der Waals surface area contributed by atoms with Gasteiger partial charge in [-0.25, -0.2) is 0 Å². The van der Waals surface area contributed by atoms with Gasteiger partial charge in [-0.1, -0.05) is 24.3 Å². The van der Waals surface area contributed by atoms with Gasteiger partial charge in [-0.3, -0.25) is 0 Å². The van der Waals surface area contributed by atoms with Crippen molar-refractivity contribution < 1.29 is 24.4 Å². The molecule has 2 atom stereocenters. The Balaban J connectivity index is 1.21. The van der Waals surface area contributed by atoms with Crippen LogP contribution < -0.4 is 14.2 Å². The van der Waals surface area contributed by atoms with Crippen molar-refractivity contribution in [3.05, 3.63) is 53.6 Å². The molecule has 6 heteroatoms. The van der Waals surface area contributed by atoms with Gasteiger partial charge in [0, 0.05) is 31.6 Å². The normalized spacial score (nSPS) is 23.9. The van der Waals surface area contributed by atoms with Crippen LogP contribution in [-0.2, 0) is 0 Å². The highest BCUT2D eigenvalue weighted by Gasteiger charge is 2.42. The summed E-state index contributed by atoms with van der Waals surface area (Å²) in [6, 6.07) is 13.4. The Morgan fingerprint density at radius 1 is 1.00 bits per heavy atom. The van der Waals surface area contributed by atoms with Crippen LogP contribution in [0.4, 0.5) is 0 Å². The number of aliphatic hydroxyl groups excluding tert-OH is 2. The molecule has 0 radical (unpaired) electrons. The van der Waals surface area contributed by atoms with Crippen LogP contribution in [0.2, 0.25) is 0 Å². The molecule has 29 heavy (non-hydrogen) atoms. The van der Waals surface area contributed by atoms with Crippen molar-refractivity contribution in [2.75, 3.05) is 32.8 Å². The van der Waals surface area contributed by atoms with E-state index in [4.69, 9.17) is 14.2 Å². The molecular formula is C23H27NO5. The molecule has 3 aliphatic rings. The van der Waals surface area contributed by atoms with E-state index in [1.807, 2.05) is 42.5 Å². The van der Waals surface area contributed by atoms with Crippen molar-refractivity contribution in [3.8, 4) is 17.2 Å². The maximum Gasteiger partial charge on any atom is 0.161 e. The second-order valence-electron chi connectivity index (χ2n) is 8.26. The minimum atomic E-state index is -0.585. The Bertz CT molecular complexity index is 877. The molecule has 3 heterocycles. The Kier molecular flexibility index (Phi) is 4.86. The van der Waals surface area contributed by atoms with Crippen LogP contribution >= 0.6 is 0 Å². The van der Waals surface area contributed by atoms with Gasteiger partial charge in [0.05, 0.1) is 12.2 Å². The first-order valence-corrected chi connectivity index (χ1v) is 10.4. The van der Waals surface area contributed by atoms with Gasteiger partial charge in [0.2, 0.25) is 0 Å². The van der Waals surface area contributed by atoms with Gasteiger partial charge < -0.3 is 29.3 Å². The number of hydrogen-bond acceptors (Lipinski definition) is 6. The third kappa shape index (κ3) is 3.68. The highest BCUT2D eigenvalue weighted by atomic mass is 16.6. The molecule has 2 aromatic carbocycles. The number of likely N-dealkylation sites (tertiary alicyclic amines) is 1. The van der Waals surface area contributed by atoms with Gasteiger partial charge in [-0.05, 0) is 36.6 Å². The first kappa shape index (κ1) is 18.7. The van der Waals surface area contributed by atoms with Gasteiger partial charge >= 0.3 is 0 Å². The van der Waals surface area contributed by atoms with E-state index in [9.17, 15) is 10.2 Å². The van der Waals surface area contributed by atoms with Crippen molar-refractivity contribution in [1.29, 1.82) is 0 Å². The molecule has 6 nitrogen and oxygen atoms in total. The molecule has 5 rings (SSSR count). The summed E-state index contributed by atoms with van der Waals surface area (Å²) >= 11 is 0. The summed E-state index contributed by atoms with van der Waals surface area (Å²) in [6.45, 7) is 3.32. The molecule has 3 aliphatic heterocycles. The molecule has 1 fully saturated rings. The van der Waals surface area contributed by atoms with Crippen molar-refractivity contribution in [3.63, 3.8) is 0 Å². The number of aliphatic hydroxyl groups is 2. The number of hydrogen-bond donors (Lipinski definition) is 2. The van der Waals surface area contributed by atoms with E-state index in [1.165, 1.54) is 0 Å². The second-order valence-corrected chi connectivity index (χ2v) is 8.26. The first-order valence-electron chi connectivity index (χ1n) is 10.4. The SMILES string of the molecule is OC(CN1CCC2(CC1)CC(O)c1ccccc1O2)c1ccc2c(c1)OCCO2. The van der Waals surface area contributed by atoms with E-state index in [1.54, 1.807) is 0 Å². The van der Waals surface area contributed by atoms with Gasteiger partial charge in [-0.2, -0.15) is 0 Å². The predicted octanol–water partition coefficient (Wildman–Crippen LogP) is 2.84.